The third-order valence-electron chi connectivity index (χ3n) is 7.20. The summed E-state index contributed by atoms with van der Waals surface area (Å²) in [5.41, 5.74) is -2.01. The number of ether oxygens (including phenoxy) is 2. The zero-order valence-corrected chi connectivity index (χ0v) is 21.1. The molecule has 2 heterocycles. The lowest BCUT2D eigenvalue weighted by Crippen LogP contribution is -2.38. The van der Waals surface area contributed by atoms with Crippen molar-refractivity contribution in [3.05, 3.63) is 33.1 Å². The molecular formula is C22H37N2O8P. The number of rotatable bonds is 9. The first-order chi connectivity index (χ1) is 15.2. The zero-order chi connectivity index (χ0) is 24.8. The average Bonchev–Trinajstić information content (AvgIpc) is 3.20. The SMILES string of the molecule is CCC(C)(CC1CC(n2ccc(=O)[nH]c2=O)C2OC(C)(C)OC12)OP(=O)(O)C(O)(CC)CC. The molecule has 2 fully saturated rings. The quantitative estimate of drug-likeness (QED) is 0.451. The van der Waals surface area contributed by atoms with E-state index in [1.54, 1.807) is 34.6 Å². The minimum Gasteiger partial charge on any atom is -0.377 e. The number of fused-ring (bicyclic) bond motifs is 1. The Kier molecular flexibility index (Phi) is 7.22. The second-order valence-electron chi connectivity index (χ2n) is 9.95. The third kappa shape index (κ3) is 5.06. The number of hydrogen-bond acceptors (Lipinski definition) is 7. The average molecular weight is 489 g/mol. The molecule has 1 saturated carbocycles. The predicted octanol–water partition coefficient (Wildman–Crippen LogP) is 2.89. The Morgan fingerprint density at radius 2 is 1.82 bits per heavy atom. The van der Waals surface area contributed by atoms with E-state index in [4.69, 9.17) is 14.0 Å². The summed E-state index contributed by atoms with van der Waals surface area (Å²) in [4.78, 5) is 37.0. The smallest absolute Gasteiger partial charge is 0.359 e. The standard InChI is InChI=1S/C22H37N2O8P/c1-7-21(6,32-33(28,29)22(27,8-2)9-3)13-14-12-15(18-17(14)30-20(4,5)31-18)24-11-10-16(25)23-19(24)26/h10-11,14-15,17-18,27H,7-9,12-13H2,1-6H3,(H,28,29)(H,23,25,26). The van der Waals surface area contributed by atoms with Crippen LogP contribution in [0, 0.1) is 5.92 Å². The number of H-pyrrole nitrogens is 1. The van der Waals surface area contributed by atoms with E-state index in [9.17, 15) is 24.2 Å². The van der Waals surface area contributed by atoms with Crippen molar-refractivity contribution in [3.8, 4) is 0 Å². The summed E-state index contributed by atoms with van der Waals surface area (Å²) in [5, 5.41) is 8.87. The Hall–Kier alpha value is -1.29. The Balaban J connectivity index is 1.90. The lowest BCUT2D eigenvalue weighted by Gasteiger charge is -2.39. The normalized spacial score (nSPS) is 30.5. The van der Waals surface area contributed by atoms with Crippen LogP contribution in [0.25, 0.3) is 0 Å². The third-order valence-corrected chi connectivity index (χ3v) is 9.58. The van der Waals surface area contributed by atoms with Gasteiger partial charge in [0.1, 0.15) is 6.10 Å². The first-order valence-electron chi connectivity index (χ1n) is 11.6. The Labute approximate surface area is 193 Å². The second-order valence-corrected chi connectivity index (χ2v) is 12.0. The maximum absolute atomic E-state index is 13.1. The van der Waals surface area contributed by atoms with Gasteiger partial charge in [-0.15, -0.1) is 0 Å². The zero-order valence-electron chi connectivity index (χ0n) is 20.2. The molecule has 0 radical (unpaired) electrons. The van der Waals surface area contributed by atoms with Crippen molar-refractivity contribution in [1.82, 2.24) is 9.55 Å². The second kappa shape index (κ2) is 9.06. The van der Waals surface area contributed by atoms with Gasteiger partial charge in [0.2, 0.25) is 0 Å². The van der Waals surface area contributed by atoms with Crippen LogP contribution in [0.15, 0.2) is 21.9 Å². The molecule has 1 aromatic rings. The number of nitrogens with one attached hydrogen (secondary N) is 1. The number of aliphatic hydroxyl groups is 1. The van der Waals surface area contributed by atoms with E-state index in [1.807, 2.05) is 6.92 Å². The van der Waals surface area contributed by atoms with Gasteiger partial charge >= 0.3 is 13.3 Å². The predicted molar refractivity (Wildman–Crippen MR) is 122 cm³/mol. The fraction of sp³-hybridized carbons (Fsp3) is 0.818. The van der Waals surface area contributed by atoms with Gasteiger partial charge < -0.3 is 24.0 Å². The van der Waals surface area contributed by atoms with Gasteiger partial charge in [-0.05, 0) is 58.8 Å². The molecular weight excluding hydrogens is 451 g/mol. The van der Waals surface area contributed by atoms with E-state index in [2.05, 4.69) is 4.98 Å². The number of nitrogens with zero attached hydrogens (tertiary/aromatic N) is 1. The van der Waals surface area contributed by atoms with E-state index >= 15 is 0 Å². The van der Waals surface area contributed by atoms with Crippen LogP contribution < -0.4 is 11.2 Å². The van der Waals surface area contributed by atoms with Gasteiger partial charge in [-0.3, -0.25) is 18.9 Å². The molecule has 10 nitrogen and oxygen atoms in total. The van der Waals surface area contributed by atoms with Gasteiger partial charge in [0.15, 0.2) is 11.1 Å². The molecule has 6 unspecified atom stereocenters. The highest BCUT2D eigenvalue weighted by Crippen LogP contribution is 2.61. The summed E-state index contributed by atoms with van der Waals surface area (Å²) >= 11 is 0. The van der Waals surface area contributed by atoms with Crippen LogP contribution in [0.2, 0.25) is 0 Å². The van der Waals surface area contributed by atoms with Crippen molar-refractivity contribution in [2.75, 3.05) is 0 Å². The summed E-state index contributed by atoms with van der Waals surface area (Å²) in [6.07, 6.45) is 2.14. The summed E-state index contributed by atoms with van der Waals surface area (Å²) in [7, 11) is -4.36. The van der Waals surface area contributed by atoms with E-state index in [1.165, 1.54) is 16.8 Å². The molecule has 0 spiro atoms. The highest BCUT2D eigenvalue weighted by molar-refractivity contribution is 7.54. The maximum atomic E-state index is 13.1. The lowest BCUT2D eigenvalue weighted by molar-refractivity contribution is -0.162. The van der Waals surface area contributed by atoms with E-state index in [-0.39, 0.29) is 30.9 Å². The largest absolute Gasteiger partial charge is 0.377 e. The van der Waals surface area contributed by atoms with Gasteiger partial charge in [0.05, 0.1) is 17.7 Å². The molecule has 1 saturated heterocycles. The van der Waals surface area contributed by atoms with Crippen LogP contribution in [0.4, 0.5) is 0 Å². The Morgan fingerprint density at radius 1 is 1.21 bits per heavy atom. The highest BCUT2D eigenvalue weighted by atomic mass is 31.2. The van der Waals surface area contributed by atoms with E-state index in [0.717, 1.165) is 0 Å². The van der Waals surface area contributed by atoms with Crippen molar-refractivity contribution in [2.24, 2.45) is 5.92 Å². The minimum atomic E-state index is -4.36. The van der Waals surface area contributed by atoms with Crippen LogP contribution in [0.1, 0.15) is 79.7 Å². The molecule has 188 valence electrons. The first kappa shape index (κ1) is 26.3. The van der Waals surface area contributed by atoms with Crippen molar-refractivity contribution < 1.29 is 28.6 Å². The van der Waals surface area contributed by atoms with Crippen molar-refractivity contribution in [1.29, 1.82) is 0 Å². The van der Waals surface area contributed by atoms with Crippen LogP contribution in [-0.4, -0.2) is 48.5 Å². The molecule has 33 heavy (non-hydrogen) atoms. The summed E-state index contributed by atoms with van der Waals surface area (Å²) in [5.74, 6) is -1.01. The fourth-order valence-corrected chi connectivity index (χ4v) is 6.82. The van der Waals surface area contributed by atoms with Gasteiger partial charge in [-0.25, -0.2) is 4.79 Å². The van der Waals surface area contributed by atoms with Gasteiger partial charge in [0, 0.05) is 12.3 Å². The molecule has 3 N–H and O–H groups in total. The summed E-state index contributed by atoms with van der Waals surface area (Å²) < 4.78 is 32.7. The Bertz CT molecular complexity index is 1020. The summed E-state index contributed by atoms with van der Waals surface area (Å²) in [6.45, 7) is 10.5. The van der Waals surface area contributed by atoms with Gasteiger partial charge in [-0.1, -0.05) is 20.8 Å². The molecule has 0 aromatic carbocycles. The van der Waals surface area contributed by atoms with E-state index in [0.29, 0.717) is 19.3 Å². The molecule has 2 aliphatic rings. The lowest BCUT2D eigenvalue weighted by atomic mass is 9.87. The molecule has 11 heteroatoms. The number of aromatic amines is 1. The van der Waals surface area contributed by atoms with Crippen LogP contribution >= 0.6 is 7.60 Å². The fourth-order valence-electron chi connectivity index (χ4n) is 5.05. The molecule has 1 aliphatic carbocycles. The van der Waals surface area contributed by atoms with Gasteiger partial charge in [0.25, 0.3) is 5.56 Å². The number of hydrogen-bond donors (Lipinski definition) is 3. The maximum Gasteiger partial charge on any atom is 0.359 e. The van der Waals surface area contributed by atoms with Crippen LogP contribution in [0.5, 0.6) is 0 Å². The van der Waals surface area contributed by atoms with Gasteiger partial charge in [-0.2, -0.15) is 0 Å². The monoisotopic (exact) mass is 488 g/mol. The molecule has 6 atom stereocenters. The minimum absolute atomic E-state index is 0.0908. The van der Waals surface area contributed by atoms with Crippen LogP contribution in [-0.2, 0) is 18.6 Å². The number of aromatic nitrogens is 2. The molecule has 1 aliphatic heterocycles. The Morgan fingerprint density at radius 3 is 2.36 bits per heavy atom. The molecule has 0 amide bonds. The molecule has 3 rings (SSSR count). The molecule has 0 bridgehead atoms. The van der Waals surface area contributed by atoms with Crippen LogP contribution in [0.3, 0.4) is 0 Å². The van der Waals surface area contributed by atoms with Crippen molar-refractivity contribution >= 4 is 7.60 Å². The van der Waals surface area contributed by atoms with Crippen molar-refractivity contribution in [3.63, 3.8) is 0 Å². The van der Waals surface area contributed by atoms with E-state index < -0.39 is 41.7 Å². The summed E-state index contributed by atoms with van der Waals surface area (Å²) in [6, 6.07) is 0.916. The molecule has 1 aromatic heterocycles. The van der Waals surface area contributed by atoms with Crippen molar-refractivity contribution in [2.45, 2.75) is 109 Å². The topological polar surface area (TPSA) is 140 Å². The highest BCUT2D eigenvalue weighted by Gasteiger charge is 2.57. The first-order valence-corrected chi connectivity index (χ1v) is 13.2.